The first-order chi connectivity index (χ1) is 7.78. The fraction of sp³-hybridized carbons (Fsp3) is 0.462. The summed E-state index contributed by atoms with van der Waals surface area (Å²) in [6.45, 7) is 5.46. The zero-order valence-electron chi connectivity index (χ0n) is 10.6. The summed E-state index contributed by atoms with van der Waals surface area (Å²) in [6.07, 6.45) is 0.454. The number of carbonyl (C=O) groups excluding carboxylic acids is 1. The monoisotopic (exact) mass is 236 g/mol. The number of rotatable bonds is 3. The first-order valence-electron chi connectivity index (χ1n) is 5.61. The van der Waals surface area contributed by atoms with Gasteiger partial charge in [-0.15, -0.1) is 0 Å². The van der Waals surface area contributed by atoms with Crippen molar-refractivity contribution in [2.24, 2.45) is 5.73 Å². The third-order valence-corrected chi connectivity index (χ3v) is 2.14. The van der Waals surface area contributed by atoms with Crippen LogP contribution in [-0.4, -0.2) is 17.6 Å². The number of hydrogen-bond acceptors (Lipinski definition) is 4. The summed E-state index contributed by atoms with van der Waals surface area (Å²) in [7, 11) is 0. The lowest BCUT2D eigenvalue weighted by molar-refractivity contribution is -0.156. The highest BCUT2D eigenvalue weighted by Gasteiger charge is 2.22. The number of nitrogen functional groups attached to an aromatic ring is 1. The molecule has 0 saturated heterocycles. The minimum absolute atomic E-state index is 0.380. The smallest absolute Gasteiger partial charge is 0.323 e. The van der Waals surface area contributed by atoms with E-state index in [1.807, 2.05) is 32.9 Å². The second-order valence-corrected chi connectivity index (χ2v) is 5.09. The summed E-state index contributed by atoms with van der Waals surface area (Å²) in [5, 5.41) is 0. The molecule has 1 aromatic carbocycles. The molecule has 0 aliphatic heterocycles. The molecule has 0 bridgehead atoms. The van der Waals surface area contributed by atoms with Crippen molar-refractivity contribution >= 4 is 11.7 Å². The molecule has 0 aliphatic carbocycles. The van der Waals surface area contributed by atoms with E-state index in [4.69, 9.17) is 16.2 Å². The van der Waals surface area contributed by atoms with Crippen LogP contribution < -0.4 is 11.5 Å². The maximum absolute atomic E-state index is 11.7. The third kappa shape index (κ3) is 4.87. The highest BCUT2D eigenvalue weighted by Crippen LogP contribution is 2.11. The number of benzene rings is 1. The predicted octanol–water partition coefficient (Wildman–Crippen LogP) is 1.48. The Morgan fingerprint density at radius 3 is 2.29 bits per heavy atom. The predicted molar refractivity (Wildman–Crippen MR) is 68.4 cm³/mol. The Morgan fingerprint density at radius 1 is 1.29 bits per heavy atom. The number of hydrogen-bond donors (Lipinski definition) is 2. The van der Waals surface area contributed by atoms with Crippen molar-refractivity contribution in [3.63, 3.8) is 0 Å². The van der Waals surface area contributed by atoms with Gasteiger partial charge < -0.3 is 16.2 Å². The molecule has 0 saturated carbocycles. The fourth-order valence-electron chi connectivity index (χ4n) is 1.37. The van der Waals surface area contributed by atoms with Gasteiger partial charge in [-0.2, -0.15) is 0 Å². The number of ether oxygens (including phenoxy) is 1. The average molecular weight is 236 g/mol. The van der Waals surface area contributed by atoms with Crippen molar-refractivity contribution in [3.8, 4) is 0 Å². The van der Waals surface area contributed by atoms with Gasteiger partial charge in [-0.05, 0) is 44.9 Å². The van der Waals surface area contributed by atoms with Crippen molar-refractivity contribution in [3.05, 3.63) is 29.8 Å². The Morgan fingerprint density at radius 2 is 1.82 bits per heavy atom. The van der Waals surface area contributed by atoms with Crippen LogP contribution in [0.2, 0.25) is 0 Å². The van der Waals surface area contributed by atoms with Crippen molar-refractivity contribution in [2.45, 2.75) is 38.8 Å². The zero-order chi connectivity index (χ0) is 13.1. The summed E-state index contributed by atoms with van der Waals surface area (Å²) in [5.41, 5.74) is 12.5. The van der Waals surface area contributed by atoms with E-state index in [1.54, 1.807) is 12.1 Å². The zero-order valence-corrected chi connectivity index (χ0v) is 10.6. The molecular weight excluding hydrogens is 216 g/mol. The van der Waals surface area contributed by atoms with E-state index >= 15 is 0 Å². The first kappa shape index (κ1) is 13.5. The van der Waals surface area contributed by atoms with Crippen molar-refractivity contribution in [2.75, 3.05) is 5.73 Å². The molecule has 0 aromatic heterocycles. The Labute approximate surface area is 102 Å². The van der Waals surface area contributed by atoms with Gasteiger partial charge in [0.05, 0.1) is 0 Å². The van der Waals surface area contributed by atoms with E-state index in [-0.39, 0.29) is 5.97 Å². The Bertz CT molecular complexity index is 379. The van der Waals surface area contributed by atoms with Gasteiger partial charge in [0.1, 0.15) is 11.6 Å². The lowest BCUT2D eigenvalue weighted by atomic mass is 10.1. The van der Waals surface area contributed by atoms with Gasteiger partial charge >= 0.3 is 5.97 Å². The molecule has 94 valence electrons. The largest absolute Gasteiger partial charge is 0.459 e. The fourth-order valence-corrected chi connectivity index (χ4v) is 1.37. The molecular formula is C13H20N2O2. The van der Waals surface area contributed by atoms with Gasteiger partial charge in [-0.1, -0.05) is 12.1 Å². The second-order valence-electron chi connectivity index (χ2n) is 5.09. The van der Waals surface area contributed by atoms with Gasteiger partial charge in [0.2, 0.25) is 0 Å². The van der Waals surface area contributed by atoms with E-state index in [2.05, 4.69) is 0 Å². The van der Waals surface area contributed by atoms with Crippen LogP contribution >= 0.6 is 0 Å². The maximum atomic E-state index is 11.7. The van der Waals surface area contributed by atoms with E-state index in [0.29, 0.717) is 12.1 Å². The van der Waals surface area contributed by atoms with Gasteiger partial charge in [-0.3, -0.25) is 4.79 Å². The number of carbonyl (C=O) groups is 1. The summed E-state index contributed by atoms with van der Waals surface area (Å²) >= 11 is 0. The summed E-state index contributed by atoms with van der Waals surface area (Å²) in [6, 6.07) is 6.66. The molecule has 17 heavy (non-hydrogen) atoms. The second kappa shape index (κ2) is 5.19. The normalized spacial score (nSPS) is 13.2. The third-order valence-electron chi connectivity index (χ3n) is 2.14. The highest BCUT2D eigenvalue weighted by molar-refractivity contribution is 5.76. The quantitative estimate of drug-likeness (QED) is 0.615. The molecule has 0 aliphatic rings. The van der Waals surface area contributed by atoms with Crippen LogP contribution in [-0.2, 0) is 16.0 Å². The summed E-state index contributed by atoms with van der Waals surface area (Å²) in [5.74, 6) is -0.380. The molecule has 4 N–H and O–H groups in total. The lowest BCUT2D eigenvalue weighted by Gasteiger charge is -2.22. The molecule has 4 nitrogen and oxygen atoms in total. The van der Waals surface area contributed by atoms with Crippen LogP contribution in [0.25, 0.3) is 0 Å². The molecule has 0 amide bonds. The molecule has 0 spiro atoms. The van der Waals surface area contributed by atoms with Crippen LogP contribution in [0.15, 0.2) is 24.3 Å². The Kier molecular flexibility index (Phi) is 4.12. The van der Waals surface area contributed by atoms with Crippen LogP contribution in [0, 0.1) is 0 Å². The Hall–Kier alpha value is -1.55. The standard InChI is InChI=1S/C13H20N2O2/c1-13(2,3)17-12(16)11(15)8-9-4-6-10(14)7-5-9/h4-7,11H,8,14-15H2,1-3H3/t11-/m1/s1. The first-order valence-corrected chi connectivity index (χ1v) is 5.61. The van der Waals surface area contributed by atoms with E-state index in [1.165, 1.54) is 0 Å². The van der Waals surface area contributed by atoms with Crippen molar-refractivity contribution in [1.29, 1.82) is 0 Å². The van der Waals surface area contributed by atoms with Crippen LogP contribution in [0.1, 0.15) is 26.3 Å². The molecule has 1 aromatic rings. The van der Waals surface area contributed by atoms with E-state index in [0.717, 1.165) is 5.56 Å². The molecule has 0 heterocycles. The Balaban J connectivity index is 2.57. The number of anilines is 1. The minimum atomic E-state index is -0.641. The SMILES string of the molecule is CC(C)(C)OC(=O)[C@H](N)Cc1ccc(N)cc1. The van der Waals surface area contributed by atoms with Crippen molar-refractivity contribution in [1.82, 2.24) is 0 Å². The number of esters is 1. The molecule has 1 rings (SSSR count). The van der Waals surface area contributed by atoms with Crippen LogP contribution in [0.4, 0.5) is 5.69 Å². The van der Waals surface area contributed by atoms with Gasteiger partial charge in [-0.25, -0.2) is 0 Å². The highest BCUT2D eigenvalue weighted by atomic mass is 16.6. The van der Waals surface area contributed by atoms with E-state index in [9.17, 15) is 4.79 Å². The van der Waals surface area contributed by atoms with Crippen molar-refractivity contribution < 1.29 is 9.53 Å². The molecule has 0 unspecified atom stereocenters. The minimum Gasteiger partial charge on any atom is -0.459 e. The van der Waals surface area contributed by atoms with E-state index < -0.39 is 11.6 Å². The summed E-state index contributed by atoms with van der Waals surface area (Å²) in [4.78, 5) is 11.7. The molecule has 0 fully saturated rings. The average Bonchev–Trinajstić information content (AvgIpc) is 2.19. The maximum Gasteiger partial charge on any atom is 0.323 e. The molecule has 4 heteroatoms. The van der Waals surface area contributed by atoms with Crippen LogP contribution in [0.5, 0.6) is 0 Å². The van der Waals surface area contributed by atoms with Crippen LogP contribution in [0.3, 0.4) is 0 Å². The van der Waals surface area contributed by atoms with Gasteiger partial charge in [0, 0.05) is 5.69 Å². The number of nitrogens with two attached hydrogens (primary N) is 2. The lowest BCUT2D eigenvalue weighted by Crippen LogP contribution is -2.38. The molecule has 1 atom stereocenters. The van der Waals surface area contributed by atoms with Gasteiger partial charge in [0.15, 0.2) is 0 Å². The molecule has 0 radical (unpaired) electrons. The topological polar surface area (TPSA) is 78.3 Å². The van der Waals surface area contributed by atoms with Gasteiger partial charge in [0.25, 0.3) is 0 Å². The summed E-state index contributed by atoms with van der Waals surface area (Å²) < 4.78 is 5.21.